The summed E-state index contributed by atoms with van der Waals surface area (Å²) in [5.74, 6) is 0. The third-order valence-electron chi connectivity index (χ3n) is 4.76. The van der Waals surface area contributed by atoms with Crippen LogP contribution in [-0.4, -0.2) is 40.7 Å². The summed E-state index contributed by atoms with van der Waals surface area (Å²) in [4.78, 5) is 0. The third-order valence-corrected chi connectivity index (χ3v) is 4.76. The molecule has 2 aliphatic heterocycles. The van der Waals surface area contributed by atoms with Gasteiger partial charge in [0.2, 0.25) is 0 Å². The molecule has 2 fully saturated rings. The van der Waals surface area contributed by atoms with Crippen LogP contribution in [0, 0.1) is 0 Å². The van der Waals surface area contributed by atoms with Gasteiger partial charge in [-0.25, -0.2) is 0 Å². The van der Waals surface area contributed by atoms with Crippen LogP contribution in [0.25, 0.3) is 0 Å². The summed E-state index contributed by atoms with van der Waals surface area (Å²) in [6, 6.07) is 0.476. The highest BCUT2D eigenvalue weighted by atomic mass is 16.5. The molecule has 1 N–H and O–H groups in total. The van der Waals surface area contributed by atoms with Crippen LogP contribution in [0.4, 0.5) is 5.69 Å². The van der Waals surface area contributed by atoms with E-state index in [2.05, 4.69) is 30.5 Å². The van der Waals surface area contributed by atoms with Crippen molar-refractivity contribution in [3.05, 3.63) is 12.4 Å². The first kappa shape index (κ1) is 14.9. The number of hydrogen-bond acceptors (Lipinski definition) is 4. The minimum Gasteiger partial charge on any atom is -0.380 e. The van der Waals surface area contributed by atoms with Gasteiger partial charge in [0.1, 0.15) is 0 Å². The third kappa shape index (κ3) is 3.77. The molecule has 0 saturated carbocycles. The van der Waals surface area contributed by atoms with E-state index in [9.17, 15) is 0 Å². The lowest BCUT2D eigenvalue weighted by molar-refractivity contribution is -0.0708. The molecule has 21 heavy (non-hydrogen) atoms. The largest absolute Gasteiger partial charge is 0.380 e. The Morgan fingerprint density at radius 1 is 1.43 bits per heavy atom. The first-order valence-electron chi connectivity index (χ1n) is 8.21. The van der Waals surface area contributed by atoms with Gasteiger partial charge >= 0.3 is 0 Å². The summed E-state index contributed by atoms with van der Waals surface area (Å²) in [6.45, 7) is 7.01. The van der Waals surface area contributed by atoms with Crippen LogP contribution in [0.3, 0.4) is 0 Å². The second-order valence-corrected chi connectivity index (χ2v) is 6.57. The van der Waals surface area contributed by atoms with Crippen molar-refractivity contribution in [3.63, 3.8) is 0 Å². The van der Waals surface area contributed by atoms with Crippen molar-refractivity contribution in [1.29, 1.82) is 0 Å². The van der Waals surface area contributed by atoms with Gasteiger partial charge in [-0.3, -0.25) is 4.68 Å². The Hall–Kier alpha value is -1.07. The lowest BCUT2D eigenvalue weighted by atomic mass is 9.90. The zero-order valence-corrected chi connectivity index (χ0v) is 13.2. The van der Waals surface area contributed by atoms with Gasteiger partial charge in [-0.15, -0.1) is 0 Å². The van der Waals surface area contributed by atoms with Crippen molar-refractivity contribution in [2.75, 3.05) is 18.5 Å². The minimum absolute atomic E-state index is 0.0175. The molecular formula is C16H27N3O2. The highest BCUT2D eigenvalue weighted by Gasteiger charge is 2.31. The molecule has 3 rings (SSSR count). The molecule has 2 aliphatic rings. The van der Waals surface area contributed by atoms with Gasteiger partial charge in [0, 0.05) is 25.5 Å². The fourth-order valence-electron chi connectivity index (χ4n) is 3.27. The van der Waals surface area contributed by atoms with Crippen LogP contribution in [0.5, 0.6) is 0 Å². The lowest BCUT2D eigenvalue weighted by Gasteiger charge is -2.38. The maximum absolute atomic E-state index is 5.90. The molecule has 0 aromatic carbocycles. The standard InChI is InChI=1S/C16H27N3O2/c1-3-16(2)9-13(6-8-21-16)18-14-10-17-19(11-14)12-15-5-4-7-20-15/h10-11,13,15,18H,3-9,12H2,1-2H3. The van der Waals surface area contributed by atoms with E-state index in [0.717, 1.165) is 51.1 Å². The van der Waals surface area contributed by atoms with Crippen molar-refractivity contribution in [3.8, 4) is 0 Å². The number of rotatable bonds is 5. The van der Waals surface area contributed by atoms with Gasteiger partial charge in [0.05, 0.1) is 30.1 Å². The Kier molecular flexibility index (Phi) is 4.50. The van der Waals surface area contributed by atoms with Crippen molar-refractivity contribution < 1.29 is 9.47 Å². The Labute approximate surface area is 127 Å². The normalized spacial score (nSPS) is 33.2. The SMILES string of the molecule is CCC1(C)CC(Nc2cnn(CC3CCCO3)c2)CCO1. The molecule has 0 amide bonds. The predicted molar refractivity (Wildman–Crippen MR) is 82.5 cm³/mol. The average Bonchev–Trinajstić information content (AvgIpc) is 3.12. The average molecular weight is 293 g/mol. The van der Waals surface area contributed by atoms with E-state index < -0.39 is 0 Å². The molecule has 3 heterocycles. The first-order chi connectivity index (χ1) is 10.2. The van der Waals surface area contributed by atoms with E-state index in [4.69, 9.17) is 9.47 Å². The summed E-state index contributed by atoms with van der Waals surface area (Å²) in [5, 5.41) is 8.06. The predicted octanol–water partition coefficient (Wildman–Crippen LogP) is 2.82. The second-order valence-electron chi connectivity index (χ2n) is 6.57. The minimum atomic E-state index is 0.0175. The van der Waals surface area contributed by atoms with Crippen molar-refractivity contribution >= 4 is 5.69 Å². The molecule has 5 heteroatoms. The Morgan fingerprint density at radius 3 is 3.10 bits per heavy atom. The summed E-state index contributed by atoms with van der Waals surface area (Å²) < 4.78 is 13.6. The summed E-state index contributed by atoms with van der Waals surface area (Å²) in [5.41, 5.74) is 1.13. The first-order valence-corrected chi connectivity index (χ1v) is 8.21. The Bertz CT molecular complexity index is 456. The van der Waals surface area contributed by atoms with Gasteiger partial charge in [-0.05, 0) is 39.0 Å². The summed E-state index contributed by atoms with van der Waals surface area (Å²) in [6.07, 6.45) is 9.86. The van der Waals surface area contributed by atoms with Crippen LogP contribution in [0.15, 0.2) is 12.4 Å². The monoisotopic (exact) mass is 293 g/mol. The highest BCUT2D eigenvalue weighted by Crippen LogP contribution is 2.29. The highest BCUT2D eigenvalue weighted by molar-refractivity contribution is 5.39. The van der Waals surface area contributed by atoms with Gasteiger partial charge < -0.3 is 14.8 Å². The number of nitrogens with one attached hydrogen (secondary N) is 1. The van der Waals surface area contributed by atoms with Crippen LogP contribution in [0.2, 0.25) is 0 Å². The van der Waals surface area contributed by atoms with E-state index >= 15 is 0 Å². The molecule has 1 aromatic heterocycles. The van der Waals surface area contributed by atoms with Gasteiger partial charge in [-0.2, -0.15) is 5.10 Å². The molecular weight excluding hydrogens is 266 g/mol. The zero-order valence-electron chi connectivity index (χ0n) is 13.2. The Morgan fingerprint density at radius 2 is 2.33 bits per heavy atom. The molecule has 0 radical (unpaired) electrons. The topological polar surface area (TPSA) is 48.3 Å². The zero-order chi connectivity index (χ0) is 14.7. The second kappa shape index (κ2) is 6.36. The van der Waals surface area contributed by atoms with E-state index in [-0.39, 0.29) is 5.60 Å². The molecule has 2 saturated heterocycles. The maximum Gasteiger partial charge on any atom is 0.0771 e. The van der Waals surface area contributed by atoms with Crippen LogP contribution >= 0.6 is 0 Å². The summed E-state index contributed by atoms with van der Waals surface area (Å²) in [7, 11) is 0. The maximum atomic E-state index is 5.90. The molecule has 0 aliphatic carbocycles. The molecule has 0 bridgehead atoms. The molecule has 5 nitrogen and oxygen atoms in total. The van der Waals surface area contributed by atoms with E-state index in [1.165, 1.54) is 6.42 Å². The van der Waals surface area contributed by atoms with Crippen LogP contribution in [0.1, 0.15) is 46.0 Å². The molecule has 3 unspecified atom stereocenters. The number of hydrogen-bond donors (Lipinski definition) is 1. The lowest BCUT2D eigenvalue weighted by Crippen LogP contribution is -2.41. The van der Waals surface area contributed by atoms with Gasteiger partial charge in [0.15, 0.2) is 0 Å². The molecule has 118 valence electrons. The van der Waals surface area contributed by atoms with E-state index in [0.29, 0.717) is 12.1 Å². The fraction of sp³-hybridized carbons (Fsp3) is 0.812. The number of nitrogens with zero attached hydrogens (tertiary/aromatic N) is 2. The quantitative estimate of drug-likeness (QED) is 0.907. The molecule has 3 atom stereocenters. The molecule has 1 aromatic rings. The fourth-order valence-corrected chi connectivity index (χ4v) is 3.27. The van der Waals surface area contributed by atoms with Gasteiger partial charge in [-0.1, -0.05) is 6.92 Å². The van der Waals surface area contributed by atoms with Crippen molar-refractivity contribution in [2.24, 2.45) is 0 Å². The van der Waals surface area contributed by atoms with Gasteiger partial charge in [0.25, 0.3) is 0 Å². The van der Waals surface area contributed by atoms with Crippen molar-refractivity contribution in [2.45, 2.75) is 70.2 Å². The van der Waals surface area contributed by atoms with E-state index in [1.54, 1.807) is 0 Å². The summed E-state index contributed by atoms with van der Waals surface area (Å²) >= 11 is 0. The van der Waals surface area contributed by atoms with Crippen molar-refractivity contribution in [1.82, 2.24) is 9.78 Å². The molecule has 0 spiro atoms. The number of ether oxygens (including phenoxy) is 2. The van der Waals surface area contributed by atoms with Crippen LogP contribution in [-0.2, 0) is 16.0 Å². The Balaban J connectivity index is 1.54. The number of anilines is 1. The van der Waals surface area contributed by atoms with Crippen LogP contribution < -0.4 is 5.32 Å². The smallest absolute Gasteiger partial charge is 0.0771 e. The number of aromatic nitrogens is 2. The van der Waals surface area contributed by atoms with E-state index in [1.807, 2.05) is 10.9 Å².